The summed E-state index contributed by atoms with van der Waals surface area (Å²) in [4.78, 5) is 10.9. The average molecular weight is 218 g/mol. The molecule has 16 heavy (non-hydrogen) atoms. The van der Waals surface area contributed by atoms with Gasteiger partial charge < -0.3 is 10.5 Å². The number of hydrogen-bond donors (Lipinski definition) is 1. The Labute approximate surface area is 94.6 Å². The summed E-state index contributed by atoms with van der Waals surface area (Å²) in [6.45, 7) is 0. The third-order valence-electron chi connectivity index (χ3n) is 2.36. The van der Waals surface area contributed by atoms with Gasteiger partial charge >= 0.3 is 5.97 Å². The first-order valence-corrected chi connectivity index (χ1v) is 5.00. The number of benzene rings is 1. The maximum atomic E-state index is 10.9. The maximum Gasteiger partial charge on any atom is 0.305 e. The van der Waals surface area contributed by atoms with Gasteiger partial charge in [-0.05, 0) is 24.1 Å². The summed E-state index contributed by atoms with van der Waals surface area (Å²) in [5, 5.41) is 8.63. The van der Waals surface area contributed by atoms with Crippen LogP contribution in [0.4, 0.5) is 0 Å². The van der Waals surface area contributed by atoms with Gasteiger partial charge in [-0.1, -0.05) is 12.1 Å². The molecule has 1 rings (SSSR count). The molecule has 0 radical (unpaired) electrons. The zero-order valence-electron chi connectivity index (χ0n) is 9.14. The van der Waals surface area contributed by atoms with Crippen LogP contribution in [0, 0.1) is 11.3 Å². The van der Waals surface area contributed by atoms with E-state index in [2.05, 4.69) is 4.74 Å². The number of ether oxygens (including phenoxy) is 1. The fourth-order valence-electron chi connectivity index (χ4n) is 1.35. The van der Waals surface area contributed by atoms with Crippen LogP contribution in [0.3, 0.4) is 0 Å². The number of nitrogens with zero attached hydrogens (tertiary/aromatic N) is 1. The molecule has 0 aromatic heterocycles. The number of carbonyl (C=O) groups excluding carboxylic acids is 1. The number of hydrogen-bond acceptors (Lipinski definition) is 4. The number of nitriles is 1. The van der Waals surface area contributed by atoms with Crippen molar-refractivity contribution >= 4 is 5.97 Å². The van der Waals surface area contributed by atoms with E-state index in [1.165, 1.54) is 7.11 Å². The predicted molar refractivity (Wildman–Crippen MR) is 59.3 cm³/mol. The molecular weight excluding hydrogens is 204 g/mol. The van der Waals surface area contributed by atoms with E-state index in [9.17, 15) is 4.79 Å². The van der Waals surface area contributed by atoms with Crippen molar-refractivity contribution in [2.75, 3.05) is 7.11 Å². The molecule has 84 valence electrons. The summed E-state index contributed by atoms with van der Waals surface area (Å²) in [6, 6.07) is 8.88. The van der Waals surface area contributed by atoms with Gasteiger partial charge in [0.05, 0.1) is 18.7 Å². The van der Waals surface area contributed by atoms with Crippen molar-refractivity contribution in [2.24, 2.45) is 5.73 Å². The summed E-state index contributed by atoms with van der Waals surface area (Å²) >= 11 is 0. The Bertz CT molecular complexity index is 392. The first-order valence-electron chi connectivity index (χ1n) is 5.00. The molecule has 1 unspecified atom stereocenters. The van der Waals surface area contributed by atoms with Crippen molar-refractivity contribution in [1.29, 1.82) is 5.26 Å². The minimum absolute atomic E-state index is 0.202. The van der Waals surface area contributed by atoms with Crippen molar-refractivity contribution in [3.8, 4) is 6.07 Å². The topological polar surface area (TPSA) is 76.1 Å². The van der Waals surface area contributed by atoms with Crippen molar-refractivity contribution in [3.05, 3.63) is 35.4 Å². The van der Waals surface area contributed by atoms with E-state index >= 15 is 0 Å². The van der Waals surface area contributed by atoms with Crippen LogP contribution < -0.4 is 5.73 Å². The molecule has 0 heterocycles. The second-order valence-corrected chi connectivity index (χ2v) is 3.46. The van der Waals surface area contributed by atoms with Crippen molar-refractivity contribution in [1.82, 2.24) is 0 Å². The summed E-state index contributed by atoms with van der Waals surface area (Å²) in [7, 11) is 1.36. The molecule has 4 heteroatoms. The number of nitrogens with two attached hydrogens (primary N) is 1. The molecule has 0 aliphatic heterocycles. The third-order valence-corrected chi connectivity index (χ3v) is 2.36. The SMILES string of the molecule is COC(=O)CCC(N)c1ccc(C#N)cc1. The van der Waals surface area contributed by atoms with Crippen molar-refractivity contribution in [2.45, 2.75) is 18.9 Å². The third kappa shape index (κ3) is 3.37. The molecule has 0 saturated carbocycles. The van der Waals surface area contributed by atoms with Crippen LogP contribution >= 0.6 is 0 Å². The number of rotatable bonds is 4. The summed E-state index contributed by atoms with van der Waals surface area (Å²) in [5.41, 5.74) is 7.42. The van der Waals surface area contributed by atoms with E-state index < -0.39 is 0 Å². The summed E-state index contributed by atoms with van der Waals surface area (Å²) in [5.74, 6) is -0.260. The Kier molecular flexibility index (Phi) is 4.49. The zero-order valence-corrected chi connectivity index (χ0v) is 9.14. The Morgan fingerprint density at radius 3 is 2.62 bits per heavy atom. The van der Waals surface area contributed by atoms with Crippen LogP contribution in [-0.4, -0.2) is 13.1 Å². The van der Waals surface area contributed by atoms with Crippen molar-refractivity contribution in [3.63, 3.8) is 0 Å². The number of methoxy groups -OCH3 is 1. The van der Waals surface area contributed by atoms with Crippen LogP contribution in [0.2, 0.25) is 0 Å². The van der Waals surface area contributed by atoms with E-state index in [1.807, 2.05) is 6.07 Å². The molecule has 4 nitrogen and oxygen atoms in total. The second-order valence-electron chi connectivity index (χ2n) is 3.46. The zero-order chi connectivity index (χ0) is 12.0. The standard InChI is InChI=1S/C12H14N2O2/c1-16-12(15)7-6-11(14)10-4-2-9(8-13)3-5-10/h2-5,11H,6-7,14H2,1H3. The Balaban J connectivity index is 2.56. The van der Waals surface area contributed by atoms with Crippen LogP contribution in [0.15, 0.2) is 24.3 Å². The van der Waals surface area contributed by atoms with Gasteiger partial charge in [-0.3, -0.25) is 4.79 Å². The van der Waals surface area contributed by atoms with Gasteiger partial charge in [0, 0.05) is 12.5 Å². The highest BCUT2D eigenvalue weighted by atomic mass is 16.5. The van der Waals surface area contributed by atoms with Gasteiger partial charge in [0.2, 0.25) is 0 Å². The van der Waals surface area contributed by atoms with Crippen LogP contribution in [0.5, 0.6) is 0 Å². The normalized spacial score (nSPS) is 11.6. The molecule has 0 bridgehead atoms. The highest BCUT2D eigenvalue weighted by Gasteiger charge is 2.09. The van der Waals surface area contributed by atoms with E-state index in [1.54, 1.807) is 24.3 Å². The molecule has 0 amide bonds. The molecule has 1 atom stereocenters. The lowest BCUT2D eigenvalue weighted by molar-refractivity contribution is -0.140. The highest BCUT2D eigenvalue weighted by molar-refractivity contribution is 5.69. The van der Waals surface area contributed by atoms with Crippen LogP contribution in [-0.2, 0) is 9.53 Å². The molecule has 0 spiro atoms. The minimum atomic E-state index is -0.260. The molecule has 0 aliphatic carbocycles. The van der Waals surface area contributed by atoms with E-state index in [-0.39, 0.29) is 12.0 Å². The smallest absolute Gasteiger partial charge is 0.305 e. The average Bonchev–Trinajstić information content (AvgIpc) is 2.35. The lowest BCUT2D eigenvalue weighted by atomic mass is 10.0. The van der Waals surface area contributed by atoms with E-state index in [0.29, 0.717) is 18.4 Å². The quantitative estimate of drug-likeness (QED) is 0.777. The minimum Gasteiger partial charge on any atom is -0.469 e. The maximum absolute atomic E-state index is 10.9. The Morgan fingerprint density at radius 2 is 2.12 bits per heavy atom. The van der Waals surface area contributed by atoms with Gasteiger partial charge in [0.15, 0.2) is 0 Å². The molecule has 1 aromatic rings. The Hall–Kier alpha value is -1.86. The lowest BCUT2D eigenvalue weighted by Crippen LogP contribution is -2.12. The van der Waals surface area contributed by atoms with Gasteiger partial charge in [0.25, 0.3) is 0 Å². The molecule has 0 aliphatic rings. The monoisotopic (exact) mass is 218 g/mol. The molecule has 1 aromatic carbocycles. The fourth-order valence-corrected chi connectivity index (χ4v) is 1.35. The highest BCUT2D eigenvalue weighted by Crippen LogP contribution is 2.16. The summed E-state index contributed by atoms with van der Waals surface area (Å²) < 4.78 is 4.54. The molecule has 0 saturated heterocycles. The lowest BCUT2D eigenvalue weighted by Gasteiger charge is -2.10. The molecular formula is C12H14N2O2. The van der Waals surface area contributed by atoms with Gasteiger partial charge in [-0.25, -0.2) is 0 Å². The summed E-state index contributed by atoms with van der Waals surface area (Å²) in [6.07, 6.45) is 0.843. The Morgan fingerprint density at radius 1 is 1.50 bits per heavy atom. The molecule has 2 N–H and O–H groups in total. The van der Waals surface area contributed by atoms with E-state index in [0.717, 1.165) is 5.56 Å². The van der Waals surface area contributed by atoms with Crippen LogP contribution in [0.25, 0.3) is 0 Å². The second kappa shape index (κ2) is 5.89. The first kappa shape index (κ1) is 12.2. The van der Waals surface area contributed by atoms with Gasteiger partial charge in [-0.2, -0.15) is 5.26 Å². The van der Waals surface area contributed by atoms with Crippen molar-refractivity contribution < 1.29 is 9.53 Å². The fraction of sp³-hybridized carbons (Fsp3) is 0.333. The largest absolute Gasteiger partial charge is 0.469 e. The molecule has 0 fully saturated rings. The number of carbonyl (C=O) groups is 1. The van der Waals surface area contributed by atoms with Crippen LogP contribution in [0.1, 0.15) is 30.0 Å². The van der Waals surface area contributed by atoms with Gasteiger partial charge in [-0.15, -0.1) is 0 Å². The van der Waals surface area contributed by atoms with E-state index in [4.69, 9.17) is 11.0 Å². The number of esters is 1. The van der Waals surface area contributed by atoms with Gasteiger partial charge in [0.1, 0.15) is 0 Å². The first-order chi connectivity index (χ1) is 7.67. The predicted octanol–water partition coefficient (Wildman–Crippen LogP) is 1.51.